The third-order valence-corrected chi connectivity index (χ3v) is 0.993. The summed E-state index contributed by atoms with van der Waals surface area (Å²) in [5.41, 5.74) is 0. The fraction of sp³-hybridized carbons (Fsp3) is 0.571. The lowest BCUT2D eigenvalue weighted by atomic mass is 10.3. The summed E-state index contributed by atoms with van der Waals surface area (Å²) in [6.45, 7) is 2.49. The molecule has 0 unspecified atom stereocenters. The van der Waals surface area contributed by atoms with Crippen molar-refractivity contribution in [2.75, 3.05) is 6.54 Å². The molecule has 0 fully saturated rings. The molecule has 0 aromatic carbocycles. The van der Waals surface area contributed by atoms with Crippen molar-refractivity contribution >= 4 is 6.09 Å². The Morgan fingerprint density at radius 2 is 2.30 bits per heavy atom. The lowest BCUT2D eigenvalue weighted by molar-refractivity contribution is 0.195. The van der Waals surface area contributed by atoms with Gasteiger partial charge in [-0.15, -0.1) is 0 Å². The first-order chi connectivity index (χ1) is 4.77. The van der Waals surface area contributed by atoms with Crippen LogP contribution in [0.4, 0.5) is 4.79 Å². The minimum absolute atomic E-state index is 0.412. The van der Waals surface area contributed by atoms with E-state index in [1.807, 2.05) is 12.2 Å². The molecular formula is C7H13NO2. The Hall–Kier alpha value is -0.990. The highest BCUT2D eigenvalue weighted by molar-refractivity contribution is 5.64. The molecule has 0 saturated carbocycles. The van der Waals surface area contributed by atoms with Crippen molar-refractivity contribution in [3.05, 3.63) is 12.2 Å². The number of carboxylic acid groups (broad SMARTS) is 1. The molecule has 0 aliphatic carbocycles. The third-order valence-electron chi connectivity index (χ3n) is 0.993. The Morgan fingerprint density at radius 1 is 1.60 bits per heavy atom. The van der Waals surface area contributed by atoms with Crippen LogP contribution in [0.3, 0.4) is 0 Å². The fourth-order valence-corrected chi connectivity index (χ4v) is 0.514. The fourth-order valence-electron chi connectivity index (χ4n) is 0.514. The van der Waals surface area contributed by atoms with Crippen LogP contribution in [0, 0.1) is 0 Å². The van der Waals surface area contributed by atoms with Gasteiger partial charge >= 0.3 is 6.09 Å². The van der Waals surface area contributed by atoms with Crippen molar-refractivity contribution in [1.82, 2.24) is 5.32 Å². The van der Waals surface area contributed by atoms with Crippen LogP contribution in [-0.2, 0) is 0 Å². The highest BCUT2D eigenvalue weighted by atomic mass is 16.4. The zero-order chi connectivity index (χ0) is 7.82. The third kappa shape index (κ3) is 7.01. The number of carbonyl (C=O) groups is 1. The molecular weight excluding hydrogens is 130 g/mol. The number of amides is 1. The van der Waals surface area contributed by atoms with Crippen molar-refractivity contribution < 1.29 is 9.90 Å². The van der Waals surface area contributed by atoms with E-state index in [0.717, 1.165) is 12.8 Å². The molecule has 0 atom stereocenters. The highest BCUT2D eigenvalue weighted by Gasteiger charge is 1.86. The molecule has 10 heavy (non-hydrogen) atoms. The second-order valence-corrected chi connectivity index (χ2v) is 1.95. The normalized spacial score (nSPS) is 10.1. The topological polar surface area (TPSA) is 49.3 Å². The van der Waals surface area contributed by atoms with Crippen LogP contribution >= 0.6 is 0 Å². The molecule has 0 spiro atoms. The zero-order valence-electron chi connectivity index (χ0n) is 6.13. The zero-order valence-corrected chi connectivity index (χ0v) is 6.13. The van der Waals surface area contributed by atoms with Crippen LogP contribution in [0.25, 0.3) is 0 Å². The van der Waals surface area contributed by atoms with E-state index in [1.165, 1.54) is 0 Å². The Kier molecular flexibility index (Phi) is 5.53. The maximum atomic E-state index is 9.89. The summed E-state index contributed by atoms with van der Waals surface area (Å²) in [7, 11) is 0. The summed E-state index contributed by atoms with van der Waals surface area (Å²) in [5.74, 6) is 0. The maximum absolute atomic E-state index is 9.89. The Balaban J connectivity index is 3.10. The van der Waals surface area contributed by atoms with Gasteiger partial charge in [-0.1, -0.05) is 25.5 Å². The first kappa shape index (κ1) is 9.01. The molecule has 0 heterocycles. The van der Waals surface area contributed by atoms with Gasteiger partial charge in [0.25, 0.3) is 0 Å². The molecule has 2 N–H and O–H groups in total. The molecule has 0 radical (unpaired) electrons. The molecule has 3 nitrogen and oxygen atoms in total. The van der Waals surface area contributed by atoms with Crippen molar-refractivity contribution in [2.45, 2.75) is 19.8 Å². The van der Waals surface area contributed by atoms with Gasteiger partial charge in [-0.2, -0.15) is 0 Å². The van der Waals surface area contributed by atoms with Crippen LogP contribution in [0.5, 0.6) is 0 Å². The standard InChI is InChI=1S/C7H13NO2/c1-2-3-4-5-6-8-7(9)10/h4-5,8H,2-3,6H2,1H3,(H,9,10)/b5-4-. The first-order valence-electron chi connectivity index (χ1n) is 3.39. The average molecular weight is 143 g/mol. The number of hydrogen-bond donors (Lipinski definition) is 2. The number of nitrogens with one attached hydrogen (secondary N) is 1. The highest BCUT2D eigenvalue weighted by Crippen LogP contribution is 1.86. The summed E-state index contributed by atoms with van der Waals surface area (Å²) < 4.78 is 0. The van der Waals surface area contributed by atoms with Gasteiger partial charge in [0.15, 0.2) is 0 Å². The van der Waals surface area contributed by atoms with Crippen LogP contribution < -0.4 is 5.32 Å². The van der Waals surface area contributed by atoms with Gasteiger partial charge in [-0.25, -0.2) is 4.79 Å². The summed E-state index contributed by atoms with van der Waals surface area (Å²) in [5, 5.41) is 10.4. The van der Waals surface area contributed by atoms with Gasteiger partial charge < -0.3 is 10.4 Å². The maximum Gasteiger partial charge on any atom is 0.404 e. The number of hydrogen-bond acceptors (Lipinski definition) is 1. The van der Waals surface area contributed by atoms with Gasteiger partial charge in [0.2, 0.25) is 0 Å². The largest absolute Gasteiger partial charge is 0.465 e. The Morgan fingerprint density at radius 3 is 2.80 bits per heavy atom. The van der Waals surface area contributed by atoms with Crippen LogP contribution in [0.1, 0.15) is 19.8 Å². The van der Waals surface area contributed by atoms with Gasteiger partial charge in [0.05, 0.1) is 0 Å². The molecule has 0 bridgehead atoms. The molecule has 3 heteroatoms. The van der Waals surface area contributed by atoms with Crippen molar-refractivity contribution in [2.24, 2.45) is 0 Å². The number of unbranched alkanes of at least 4 members (excludes halogenated alkanes) is 1. The minimum atomic E-state index is -0.971. The molecule has 0 aliphatic rings. The van der Waals surface area contributed by atoms with E-state index in [0.29, 0.717) is 6.54 Å². The lowest BCUT2D eigenvalue weighted by Gasteiger charge is -1.91. The average Bonchev–Trinajstić information content (AvgIpc) is 1.87. The van der Waals surface area contributed by atoms with Crippen molar-refractivity contribution in [3.63, 3.8) is 0 Å². The van der Waals surface area contributed by atoms with Crippen LogP contribution in [-0.4, -0.2) is 17.7 Å². The van der Waals surface area contributed by atoms with E-state index in [9.17, 15) is 4.79 Å². The van der Waals surface area contributed by atoms with Gasteiger partial charge in [0.1, 0.15) is 0 Å². The van der Waals surface area contributed by atoms with E-state index in [-0.39, 0.29) is 0 Å². The van der Waals surface area contributed by atoms with E-state index < -0.39 is 6.09 Å². The molecule has 58 valence electrons. The van der Waals surface area contributed by atoms with E-state index in [1.54, 1.807) is 0 Å². The predicted octanol–water partition coefficient (Wildman–Crippen LogP) is 1.61. The number of allylic oxidation sites excluding steroid dienone is 1. The van der Waals surface area contributed by atoms with Crippen LogP contribution in [0.15, 0.2) is 12.2 Å². The lowest BCUT2D eigenvalue weighted by Crippen LogP contribution is -2.20. The molecule has 0 aromatic heterocycles. The summed E-state index contributed by atoms with van der Waals surface area (Å²) in [6, 6.07) is 0. The van der Waals surface area contributed by atoms with E-state index >= 15 is 0 Å². The van der Waals surface area contributed by atoms with E-state index in [4.69, 9.17) is 5.11 Å². The quantitative estimate of drug-likeness (QED) is 0.587. The van der Waals surface area contributed by atoms with Crippen molar-refractivity contribution in [1.29, 1.82) is 0 Å². The molecule has 0 aromatic rings. The summed E-state index contributed by atoms with van der Waals surface area (Å²) in [4.78, 5) is 9.89. The molecule has 0 aliphatic heterocycles. The molecule has 1 amide bonds. The minimum Gasteiger partial charge on any atom is -0.465 e. The predicted molar refractivity (Wildman–Crippen MR) is 40.1 cm³/mol. The van der Waals surface area contributed by atoms with Gasteiger partial charge in [0, 0.05) is 6.54 Å². The molecule has 0 saturated heterocycles. The Labute approximate surface area is 60.7 Å². The number of rotatable bonds is 4. The molecule has 0 rings (SSSR count). The second kappa shape index (κ2) is 6.13. The monoisotopic (exact) mass is 143 g/mol. The van der Waals surface area contributed by atoms with Gasteiger partial charge in [-0.05, 0) is 6.42 Å². The second-order valence-electron chi connectivity index (χ2n) is 1.95. The van der Waals surface area contributed by atoms with E-state index in [2.05, 4.69) is 12.2 Å². The smallest absolute Gasteiger partial charge is 0.404 e. The van der Waals surface area contributed by atoms with Crippen molar-refractivity contribution in [3.8, 4) is 0 Å². The van der Waals surface area contributed by atoms with Gasteiger partial charge in [-0.3, -0.25) is 0 Å². The SMILES string of the molecule is CCC/C=C\CNC(=O)O. The Bertz CT molecular complexity index is 121. The first-order valence-corrected chi connectivity index (χ1v) is 3.39. The summed E-state index contributed by atoms with van der Waals surface area (Å²) >= 11 is 0. The van der Waals surface area contributed by atoms with Crippen LogP contribution in [0.2, 0.25) is 0 Å². The summed E-state index contributed by atoms with van der Waals surface area (Å²) in [6.07, 6.45) is 4.93.